The molecule has 1 saturated heterocycles. The Balaban J connectivity index is 2.19. The fourth-order valence-electron chi connectivity index (χ4n) is 5.90. The number of likely N-dealkylation sites (tertiary alicyclic amines) is 1. The van der Waals surface area contributed by atoms with Crippen LogP contribution in [-0.2, 0) is 25.7 Å². The number of carboxylic acid groups (broad SMARTS) is 1. The highest BCUT2D eigenvalue weighted by Crippen LogP contribution is 2.51. The Morgan fingerprint density at radius 3 is 2.29 bits per heavy atom. The lowest BCUT2D eigenvalue weighted by Crippen LogP contribution is -2.63. The third-order valence-electron chi connectivity index (χ3n) is 8.10. The first-order chi connectivity index (χ1) is 19.6. The first-order valence-electron chi connectivity index (χ1n) is 13.9. The number of carbonyl (C=O) groups excluding carboxylic acids is 2. The Morgan fingerprint density at radius 1 is 1.15 bits per heavy atom. The van der Waals surface area contributed by atoms with Crippen LogP contribution in [0.1, 0.15) is 57.2 Å². The average molecular weight is 569 g/mol. The van der Waals surface area contributed by atoms with E-state index in [0.717, 1.165) is 5.56 Å². The van der Waals surface area contributed by atoms with Crippen molar-refractivity contribution in [2.75, 3.05) is 13.1 Å². The summed E-state index contributed by atoms with van der Waals surface area (Å²) in [5.41, 5.74) is 5.48. The number of aliphatic carboxylic acids is 1. The average Bonchev–Trinajstić information content (AvgIpc) is 3.25. The van der Waals surface area contributed by atoms with Crippen LogP contribution in [0, 0.1) is 22.0 Å². The molecule has 2 aromatic carbocycles. The highest BCUT2D eigenvalue weighted by molar-refractivity contribution is 5.93. The van der Waals surface area contributed by atoms with Crippen molar-refractivity contribution in [1.82, 2.24) is 10.2 Å². The highest BCUT2D eigenvalue weighted by atomic mass is 16.6. The van der Waals surface area contributed by atoms with Crippen LogP contribution in [0.25, 0.3) is 0 Å². The van der Waals surface area contributed by atoms with Gasteiger partial charge < -0.3 is 25.8 Å². The summed E-state index contributed by atoms with van der Waals surface area (Å²) < 4.78 is 6.46. The minimum atomic E-state index is -1.73. The van der Waals surface area contributed by atoms with Crippen LogP contribution >= 0.6 is 0 Å². The molecule has 2 aromatic rings. The number of nitro groups is 1. The molecule has 1 aliphatic rings. The van der Waals surface area contributed by atoms with Gasteiger partial charge in [0.15, 0.2) is 0 Å². The summed E-state index contributed by atoms with van der Waals surface area (Å²) in [5, 5.41) is 24.8. The van der Waals surface area contributed by atoms with Crippen molar-refractivity contribution in [3.8, 4) is 0 Å². The van der Waals surface area contributed by atoms with E-state index in [1.807, 2.05) is 44.2 Å². The van der Waals surface area contributed by atoms with Crippen LogP contribution in [0.5, 0.6) is 0 Å². The molecule has 4 N–H and O–H groups in total. The first-order valence-corrected chi connectivity index (χ1v) is 13.9. The molecule has 0 saturated carbocycles. The highest BCUT2D eigenvalue weighted by Gasteiger charge is 2.69. The standard InChI is InChI=1S/C30H40N4O7/c1-4-20(2)28(41-19-21-12-7-5-8-13-21)25-27(34(39)40)26(22-14-9-6-10-15-22)33(23(35)18-31)30(25,3)29(38)32-17-11-16-24(36)37/h5-10,12-15,20,25-28H,4,11,16-19,31H2,1-3H3,(H,32,38)(H,36,37)/t20-,25+,26-,27-,28?,30-/m0/s1. The predicted octanol–water partition coefficient (Wildman–Crippen LogP) is 3.16. The van der Waals surface area contributed by atoms with Gasteiger partial charge in [0.2, 0.25) is 17.9 Å². The van der Waals surface area contributed by atoms with Gasteiger partial charge in [-0.1, -0.05) is 80.9 Å². The van der Waals surface area contributed by atoms with Crippen molar-refractivity contribution in [3.05, 3.63) is 81.9 Å². The number of ether oxygens (including phenoxy) is 1. The molecule has 2 amide bonds. The molecule has 41 heavy (non-hydrogen) atoms. The molecule has 0 bridgehead atoms. The molecule has 222 valence electrons. The van der Waals surface area contributed by atoms with E-state index < -0.39 is 58.9 Å². The quantitative estimate of drug-likeness (QED) is 0.178. The lowest BCUT2D eigenvalue weighted by molar-refractivity contribution is -0.536. The Morgan fingerprint density at radius 2 is 1.76 bits per heavy atom. The molecule has 1 aliphatic heterocycles. The molecule has 0 aromatic heterocycles. The fourth-order valence-corrected chi connectivity index (χ4v) is 5.90. The summed E-state index contributed by atoms with van der Waals surface area (Å²) in [6.45, 7) is 5.13. The minimum absolute atomic E-state index is 0.0239. The second kappa shape index (κ2) is 14.2. The lowest BCUT2D eigenvalue weighted by Gasteiger charge is -2.42. The summed E-state index contributed by atoms with van der Waals surface area (Å²) in [4.78, 5) is 52.5. The van der Waals surface area contributed by atoms with Gasteiger partial charge in [-0.05, 0) is 30.4 Å². The van der Waals surface area contributed by atoms with Crippen LogP contribution < -0.4 is 11.1 Å². The van der Waals surface area contributed by atoms with Gasteiger partial charge in [-0.3, -0.25) is 24.5 Å². The summed E-state index contributed by atoms with van der Waals surface area (Å²) in [6.07, 6.45) is -0.178. The van der Waals surface area contributed by atoms with Gasteiger partial charge in [0.05, 0.1) is 25.2 Å². The Hall–Kier alpha value is -3.83. The van der Waals surface area contributed by atoms with E-state index in [2.05, 4.69) is 5.32 Å². The SMILES string of the molecule is CC[C@H](C)C(OCc1ccccc1)[C@H]1[C@H]([N+](=O)[O-])[C@H](c2ccccc2)N(C(=O)CN)[C@]1(C)C(=O)NCCCC(=O)O. The van der Waals surface area contributed by atoms with Crippen LogP contribution in [0.3, 0.4) is 0 Å². The molecule has 3 rings (SSSR count). The third kappa shape index (κ3) is 6.91. The predicted molar refractivity (Wildman–Crippen MR) is 152 cm³/mol. The van der Waals surface area contributed by atoms with Crippen molar-refractivity contribution in [2.24, 2.45) is 17.6 Å². The number of carboxylic acids is 1. The molecule has 1 heterocycles. The number of carbonyl (C=O) groups is 3. The molecular weight excluding hydrogens is 528 g/mol. The van der Waals surface area contributed by atoms with E-state index in [4.69, 9.17) is 15.6 Å². The monoisotopic (exact) mass is 568 g/mol. The first kappa shape index (κ1) is 31.7. The zero-order chi connectivity index (χ0) is 30.2. The molecule has 11 nitrogen and oxygen atoms in total. The molecular formula is C30H40N4O7. The summed E-state index contributed by atoms with van der Waals surface area (Å²) in [7, 11) is 0. The van der Waals surface area contributed by atoms with Crippen molar-refractivity contribution < 1.29 is 29.2 Å². The van der Waals surface area contributed by atoms with E-state index in [1.165, 1.54) is 4.90 Å². The van der Waals surface area contributed by atoms with Gasteiger partial charge in [0, 0.05) is 17.9 Å². The number of rotatable bonds is 14. The number of nitrogens with two attached hydrogens (primary N) is 1. The van der Waals surface area contributed by atoms with Gasteiger partial charge >= 0.3 is 5.97 Å². The second-order valence-electron chi connectivity index (χ2n) is 10.7. The van der Waals surface area contributed by atoms with Crippen molar-refractivity contribution in [1.29, 1.82) is 0 Å². The van der Waals surface area contributed by atoms with Gasteiger partial charge in [0.1, 0.15) is 11.6 Å². The molecule has 1 fully saturated rings. The van der Waals surface area contributed by atoms with Crippen LogP contribution in [0.15, 0.2) is 60.7 Å². The van der Waals surface area contributed by atoms with Crippen LogP contribution in [-0.4, -0.2) is 63.5 Å². The minimum Gasteiger partial charge on any atom is -0.481 e. The number of nitrogens with zero attached hydrogens (tertiary/aromatic N) is 2. The maximum Gasteiger partial charge on any atom is 0.303 e. The fraction of sp³-hybridized carbons (Fsp3) is 0.500. The van der Waals surface area contributed by atoms with E-state index in [0.29, 0.717) is 12.0 Å². The smallest absolute Gasteiger partial charge is 0.303 e. The van der Waals surface area contributed by atoms with E-state index >= 15 is 0 Å². The van der Waals surface area contributed by atoms with Crippen LogP contribution in [0.4, 0.5) is 0 Å². The van der Waals surface area contributed by atoms with Crippen LogP contribution in [0.2, 0.25) is 0 Å². The van der Waals surface area contributed by atoms with Gasteiger partial charge in [-0.15, -0.1) is 0 Å². The molecule has 6 atom stereocenters. The summed E-state index contributed by atoms with van der Waals surface area (Å²) in [5.74, 6) is -3.50. The van der Waals surface area contributed by atoms with Gasteiger partial charge in [-0.2, -0.15) is 0 Å². The van der Waals surface area contributed by atoms with E-state index in [9.17, 15) is 24.5 Å². The number of benzene rings is 2. The Kier molecular flexibility index (Phi) is 11.0. The zero-order valence-corrected chi connectivity index (χ0v) is 23.8. The van der Waals surface area contributed by atoms with E-state index in [-0.39, 0.29) is 31.9 Å². The number of nitrogens with one attached hydrogen (secondary N) is 1. The molecule has 1 unspecified atom stereocenters. The number of hydrogen-bond donors (Lipinski definition) is 3. The lowest BCUT2D eigenvalue weighted by atomic mass is 9.74. The largest absolute Gasteiger partial charge is 0.481 e. The second-order valence-corrected chi connectivity index (χ2v) is 10.7. The maximum absolute atomic E-state index is 14.1. The number of amides is 2. The summed E-state index contributed by atoms with van der Waals surface area (Å²) >= 11 is 0. The topological polar surface area (TPSA) is 165 Å². The van der Waals surface area contributed by atoms with Gasteiger partial charge in [-0.25, -0.2) is 0 Å². The number of hydrogen-bond acceptors (Lipinski definition) is 7. The van der Waals surface area contributed by atoms with E-state index in [1.54, 1.807) is 37.3 Å². The Labute approximate surface area is 240 Å². The van der Waals surface area contributed by atoms with Crippen molar-refractivity contribution in [3.63, 3.8) is 0 Å². The maximum atomic E-state index is 14.1. The Bertz CT molecular complexity index is 1200. The van der Waals surface area contributed by atoms with Crippen molar-refractivity contribution >= 4 is 17.8 Å². The van der Waals surface area contributed by atoms with Gasteiger partial charge in [0.25, 0.3) is 0 Å². The molecule has 0 aliphatic carbocycles. The summed E-state index contributed by atoms with van der Waals surface area (Å²) in [6, 6.07) is 15.5. The normalized spacial score (nSPS) is 23.5. The molecule has 11 heteroatoms. The molecule has 0 radical (unpaired) electrons. The third-order valence-corrected chi connectivity index (χ3v) is 8.10. The van der Waals surface area contributed by atoms with Crippen molar-refractivity contribution in [2.45, 2.75) is 70.4 Å². The molecule has 0 spiro atoms. The zero-order valence-electron chi connectivity index (χ0n) is 23.8.